The van der Waals surface area contributed by atoms with Crippen LogP contribution >= 0.6 is 11.3 Å². The van der Waals surface area contributed by atoms with Gasteiger partial charge < -0.3 is 14.4 Å². The second-order valence-electron chi connectivity index (χ2n) is 7.42. The van der Waals surface area contributed by atoms with E-state index in [9.17, 15) is 9.59 Å². The van der Waals surface area contributed by atoms with Crippen molar-refractivity contribution in [1.29, 1.82) is 0 Å². The average Bonchev–Trinajstić information content (AvgIpc) is 3.06. The van der Waals surface area contributed by atoms with Gasteiger partial charge in [-0.05, 0) is 51.8 Å². The lowest BCUT2D eigenvalue weighted by molar-refractivity contribution is -0.163. The molecule has 1 fully saturated rings. The molecule has 1 aliphatic rings. The number of rotatable bonds is 4. The summed E-state index contributed by atoms with van der Waals surface area (Å²) in [4.78, 5) is 30.5. The summed E-state index contributed by atoms with van der Waals surface area (Å²) in [6, 6.07) is 5.62. The number of carbonyl (C=O) groups is 2. The first-order valence-electron chi connectivity index (χ1n) is 8.78. The molecule has 140 valence electrons. The Kier molecular flexibility index (Phi) is 5.58. The van der Waals surface area contributed by atoms with Crippen LogP contribution in [0.5, 0.6) is 0 Å². The fourth-order valence-electron chi connectivity index (χ4n) is 2.95. The second kappa shape index (κ2) is 7.72. The Labute approximate surface area is 157 Å². The van der Waals surface area contributed by atoms with Crippen molar-refractivity contribution in [3.05, 3.63) is 29.3 Å². The Morgan fingerprint density at radius 3 is 2.69 bits per heavy atom. The maximum Gasteiger partial charge on any atom is 0.332 e. The third-order valence-electron chi connectivity index (χ3n) is 4.16. The SMILES string of the molecule is CC(C)(C)OC(=O)COC1CCN(C(=O)c2ccc3ncsc3c2)CC1. The van der Waals surface area contributed by atoms with Gasteiger partial charge in [-0.25, -0.2) is 9.78 Å². The highest BCUT2D eigenvalue weighted by Gasteiger charge is 2.25. The molecule has 1 aromatic heterocycles. The average molecular weight is 376 g/mol. The molecule has 0 atom stereocenters. The van der Waals surface area contributed by atoms with Gasteiger partial charge in [-0.2, -0.15) is 0 Å². The smallest absolute Gasteiger partial charge is 0.332 e. The number of benzene rings is 1. The normalized spacial score (nSPS) is 16.0. The zero-order valence-electron chi connectivity index (χ0n) is 15.4. The number of esters is 1. The Morgan fingerprint density at radius 2 is 2.00 bits per heavy atom. The summed E-state index contributed by atoms with van der Waals surface area (Å²) in [5, 5.41) is 0. The topological polar surface area (TPSA) is 68.7 Å². The summed E-state index contributed by atoms with van der Waals surface area (Å²) >= 11 is 1.53. The molecule has 3 rings (SSSR count). The van der Waals surface area contributed by atoms with E-state index in [-0.39, 0.29) is 24.6 Å². The van der Waals surface area contributed by atoms with Crippen LogP contribution in [0, 0.1) is 0 Å². The van der Waals surface area contributed by atoms with Gasteiger partial charge in [0.05, 0.1) is 21.8 Å². The van der Waals surface area contributed by atoms with E-state index in [0.717, 1.165) is 23.1 Å². The van der Waals surface area contributed by atoms with Crippen LogP contribution in [0.15, 0.2) is 23.7 Å². The van der Waals surface area contributed by atoms with Gasteiger partial charge in [-0.3, -0.25) is 4.79 Å². The van der Waals surface area contributed by atoms with Crippen molar-refractivity contribution in [3.8, 4) is 0 Å². The highest BCUT2D eigenvalue weighted by molar-refractivity contribution is 7.16. The molecule has 0 N–H and O–H groups in total. The summed E-state index contributed by atoms with van der Waals surface area (Å²) < 4.78 is 11.9. The van der Waals surface area contributed by atoms with E-state index in [1.807, 2.05) is 43.9 Å². The standard InChI is InChI=1S/C19H24N2O4S/c1-19(2,3)25-17(22)11-24-14-6-8-21(9-7-14)18(23)13-4-5-15-16(10-13)26-12-20-15/h4-5,10,12,14H,6-9,11H2,1-3H3. The van der Waals surface area contributed by atoms with Crippen LogP contribution in [0.1, 0.15) is 44.0 Å². The molecule has 2 heterocycles. The Bertz CT molecular complexity index is 788. The van der Waals surface area contributed by atoms with Gasteiger partial charge in [0.2, 0.25) is 0 Å². The second-order valence-corrected chi connectivity index (χ2v) is 8.31. The first kappa shape index (κ1) is 18.8. The number of carbonyl (C=O) groups excluding carboxylic acids is 2. The van der Waals surface area contributed by atoms with Crippen LogP contribution in [-0.2, 0) is 14.3 Å². The van der Waals surface area contributed by atoms with Gasteiger partial charge in [-0.15, -0.1) is 11.3 Å². The molecule has 2 aromatic rings. The summed E-state index contributed by atoms with van der Waals surface area (Å²) in [5.41, 5.74) is 2.89. The van der Waals surface area contributed by atoms with Crippen molar-refractivity contribution in [3.63, 3.8) is 0 Å². The van der Waals surface area contributed by atoms with Gasteiger partial charge in [0.15, 0.2) is 0 Å². The third-order valence-corrected chi connectivity index (χ3v) is 4.96. The van der Waals surface area contributed by atoms with Crippen molar-refractivity contribution in [2.45, 2.75) is 45.3 Å². The van der Waals surface area contributed by atoms with E-state index in [0.29, 0.717) is 18.7 Å². The minimum atomic E-state index is -0.505. The molecule has 0 bridgehead atoms. The Hall–Kier alpha value is -1.99. The summed E-state index contributed by atoms with van der Waals surface area (Å²) in [6.45, 7) is 6.70. The monoisotopic (exact) mass is 376 g/mol. The molecule has 1 aliphatic heterocycles. The van der Waals surface area contributed by atoms with Gasteiger partial charge in [0, 0.05) is 18.7 Å². The lowest BCUT2D eigenvalue weighted by Crippen LogP contribution is -2.41. The quantitative estimate of drug-likeness (QED) is 0.766. The van der Waals surface area contributed by atoms with Crippen LogP contribution in [0.2, 0.25) is 0 Å². The Morgan fingerprint density at radius 1 is 1.27 bits per heavy atom. The van der Waals surface area contributed by atoms with Crippen LogP contribution in [-0.4, -0.2) is 53.2 Å². The summed E-state index contributed by atoms with van der Waals surface area (Å²) in [5.74, 6) is -0.320. The number of thiazole rings is 1. The number of fused-ring (bicyclic) bond motifs is 1. The van der Waals surface area contributed by atoms with Gasteiger partial charge in [0.25, 0.3) is 5.91 Å². The number of hydrogen-bond acceptors (Lipinski definition) is 6. The summed E-state index contributed by atoms with van der Waals surface area (Å²) in [7, 11) is 0. The van der Waals surface area contributed by atoms with Crippen molar-refractivity contribution >= 4 is 33.4 Å². The predicted molar refractivity (Wildman–Crippen MR) is 100 cm³/mol. The van der Waals surface area contributed by atoms with Crippen LogP contribution in [0.3, 0.4) is 0 Å². The summed E-state index contributed by atoms with van der Waals surface area (Å²) in [6.07, 6.45) is 1.42. The highest BCUT2D eigenvalue weighted by Crippen LogP contribution is 2.22. The van der Waals surface area contributed by atoms with Crippen LogP contribution in [0.25, 0.3) is 10.2 Å². The van der Waals surface area contributed by atoms with Crippen molar-refractivity contribution < 1.29 is 19.1 Å². The molecule has 0 aliphatic carbocycles. The van der Waals surface area contributed by atoms with Crippen molar-refractivity contribution in [2.24, 2.45) is 0 Å². The molecule has 6 nitrogen and oxygen atoms in total. The van der Waals surface area contributed by atoms with E-state index < -0.39 is 5.60 Å². The van der Waals surface area contributed by atoms with Crippen LogP contribution < -0.4 is 0 Å². The van der Waals surface area contributed by atoms with E-state index in [2.05, 4.69) is 4.98 Å². The zero-order valence-corrected chi connectivity index (χ0v) is 16.2. The molecule has 1 aromatic carbocycles. The van der Waals surface area contributed by atoms with E-state index >= 15 is 0 Å². The molecule has 7 heteroatoms. The largest absolute Gasteiger partial charge is 0.458 e. The fraction of sp³-hybridized carbons (Fsp3) is 0.526. The van der Waals surface area contributed by atoms with Gasteiger partial charge in [-0.1, -0.05) is 0 Å². The van der Waals surface area contributed by atoms with Crippen molar-refractivity contribution in [1.82, 2.24) is 9.88 Å². The minimum Gasteiger partial charge on any atom is -0.458 e. The lowest BCUT2D eigenvalue weighted by atomic mass is 10.1. The maximum atomic E-state index is 12.7. The molecule has 26 heavy (non-hydrogen) atoms. The number of likely N-dealkylation sites (tertiary alicyclic amines) is 1. The molecule has 0 unspecified atom stereocenters. The van der Waals surface area contributed by atoms with Crippen molar-refractivity contribution in [2.75, 3.05) is 19.7 Å². The first-order valence-corrected chi connectivity index (χ1v) is 9.66. The number of ether oxygens (including phenoxy) is 2. The Balaban J connectivity index is 1.48. The molecule has 0 radical (unpaired) electrons. The number of amides is 1. The minimum absolute atomic E-state index is 0.0180. The van der Waals surface area contributed by atoms with E-state index in [1.165, 1.54) is 11.3 Å². The molecular formula is C19H24N2O4S. The van der Waals surface area contributed by atoms with E-state index in [4.69, 9.17) is 9.47 Å². The number of aromatic nitrogens is 1. The number of hydrogen-bond donors (Lipinski definition) is 0. The van der Waals surface area contributed by atoms with Gasteiger partial charge >= 0.3 is 5.97 Å². The maximum absolute atomic E-state index is 12.7. The highest BCUT2D eigenvalue weighted by atomic mass is 32.1. The predicted octanol–water partition coefficient (Wildman–Crippen LogP) is 3.26. The molecule has 1 saturated heterocycles. The van der Waals surface area contributed by atoms with E-state index in [1.54, 1.807) is 5.51 Å². The lowest BCUT2D eigenvalue weighted by Gasteiger charge is -2.32. The number of nitrogens with zero attached hydrogens (tertiary/aromatic N) is 2. The first-order chi connectivity index (χ1) is 12.3. The third kappa shape index (κ3) is 4.80. The molecular weight excluding hydrogens is 352 g/mol. The molecule has 0 saturated carbocycles. The van der Waals surface area contributed by atoms with Gasteiger partial charge in [0.1, 0.15) is 12.2 Å². The number of piperidine rings is 1. The fourth-order valence-corrected chi connectivity index (χ4v) is 3.67. The molecule has 1 amide bonds. The zero-order chi connectivity index (χ0) is 18.7. The molecule has 0 spiro atoms. The van der Waals surface area contributed by atoms with Crippen LogP contribution in [0.4, 0.5) is 0 Å².